The van der Waals surface area contributed by atoms with Gasteiger partial charge in [-0.15, -0.1) is 0 Å². The van der Waals surface area contributed by atoms with Crippen LogP contribution in [0.5, 0.6) is 5.75 Å². The van der Waals surface area contributed by atoms with Crippen LogP contribution in [0.2, 0.25) is 0 Å². The fraction of sp³-hybridized carbons (Fsp3) is 0.118. The number of hydrogen-bond donors (Lipinski definition) is 2. The highest BCUT2D eigenvalue weighted by Crippen LogP contribution is 2.26. The Bertz CT molecular complexity index is 838. The van der Waals surface area contributed by atoms with Crippen LogP contribution in [0.15, 0.2) is 46.9 Å². The molecule has 0 saturated heterocycles. The lowest BCUT2D eigenvalue weighted by Crippen LogP contribution is -2.13. The smallest absolute Gasteiger partial charge is 0.272 e. The number of carbonyl (C=O) groups is 1. The number of H-pyrrole nitrogens is 1. The first-order valence-electron chi connectivity index (χ1n) is 6.81. The highest BCUT2D eigenvalue weighted by Gasteiger charge is 2.15. The molecule has 0 atom stereocenters. The largest absolute Gasteiger partial charge is 0.497 e. The number of rotatable bonds is 3. The summed E-state index contributed by atoms with van der Waals surface area (Å²) in [6, 6.07) is 13.2. The van der Waals surface area contributed by atoms with Crippen molar-refractivity contribution in [3.8, 4) is 5.75 Å². The molecule has 3 rings (SSSR count). The number of aromatic nitrogens is 1. The van der Waals surface area contributed by atoms with Crippen LogP contribution in [-0.4, -0.2) is 18.0 Å². The van der Waals surface area contributed by atoms with E-state index in [0.717, 1.165) is 32.4 Å². The van der Waals surface area contributed by atoms with E-state index in [1.807, 2.05) is 49.4 Å². The molecule has 112 valence electrons. The van der Waals surface area contributed by atoms with Gasteiger partial charge in [-0.3, -0.25) is 4.79 Å². The van der Waals surface area contributed by atoms with Crippen LogP contribution in [0.25, 0.3) is 10.9 Å². The van der Waals surface area contributed by atoms with E-state index in [1.165, 1.54) is 0 Å². The van der Waals surface area contributed by atoms with Crippen LogP contribution in [-0.2, 0) is 0 Å². The Morgan fingerprint density at radius 1 is 1.18 bits per heavy atom. The van der Waals surface area contributed by atoms with Crippen LogP contribution in [0.3, 0.4) is 0 Å². The maximum atomic E-state index is 12.5. The fourth-order valence-electron chi connectivity index (χ4n) is 2.40. The lowest BCUT2D eigenvalue weighted by atomic mass is 10.1. The molecule has 2 N–H and O–H groups in total. The highest BCUT2D eigenvalue weighted by molar-refractivity contribution is 9.10. The molecule has 4 nitrogen and oxygen atoms in total. The first-order chi connectivity index (χ1) is 10.6. The van der Waals surface area contributed by atoms with Gasteiger partial charge in [0.25, 0.3) is 5.91 Å². The number of benzene rings is 2. The summed E-state index contributed by atoms with van der Waals surface area (Å²) >= 11 is 3.37. The lowest BCUT2D eigenvalue weighted by molar-refractivity contribution is 0.102. The molecule has 1 aromatic heterocycles. The van der Waals surface area contributed by atoms with Gasteiger partial charge in [-0.25, -0.2) is 0 Å². The van der Waals surface area contributed by atoms with E-state index < -0.39 is 0 Å². The number of nitrogens with one attached hydrogen (secondary N) is 2. The molecule has 1 amide bonds. The fourth-order valence-corrected chi connectivity index (χ4v) is 2.66. The summed E-state index contributed by atoms with van der Waals surface area (Å²) in [5, 5.41) is 3.91. The third-order valence-electron chi connectivity index (χ3n) is 3.59. The molecule has 0 spiro atoms. The lowest BCUT2D eigenvalue weighted by Gasteiger charge is -2.04. The van der Waals surface area contributed by atoms with Gasteiger partial charge in [0.15, 0.2) is 0 Å². The molecule has 0 radical (unpaired) electrons. The Morgan fingerprint density at radius 3 is 2.59 bits per heavy atom. The molecular formula is C17H15BrN2O2. The van der Waals surface area contributed by atoms with Gasteiger partial charge >= 0.3 is 0 Å². The average Bonchev–Trinajstić information content (AvgIpc) is 2.86. The van der Waals surface area contributed by atoms with Crippen molar-refractivity contribution in [3.63, 3.8) is 0 Å². The summed E-state index contributed by atoms with van der Waals surface area (Å²) < 4.78 is 6.19. The number of ether oxygens (including phenoxy) is 1. The summed E-state index contributed by atoms with van der Waals surface area (Å²) in [4.78, 5) is 15.6. The van der Waals surface area contributed by atoms with Crippen LogP contribution in [0.4, 0.5) is 5.69 Å². The monoisotopic (exact) mass is 358 g/mol. The zero-order valence-corrected chi connectivity index (χ0v) is 13.8. The molecule has 2 aromatic carbocycles. The van der Waals surface area contributed by atoms with E-state index >= 15 is 0 Å². The molecule has 0 unspecified atom stereocenters. The summed E-state index contributed by atoms with van der Waals surface area (Å²) in [7, 11) is 1.62. The molecular weight excluding hydrogens is 344 g/mol. The predicted molar refractivity (Wildman–Crippen MR) is 91.7 cm³/mol. The van der Waals surface area contributed by atoms with Gasteiger partial charge in [0.05, 0.1) is 7.11 Å². The summed E-state index contributed by atoms with van der Waals surface area (Å²) in [6.07, 6.45) is 0. The van der Waals surface area contributed by atoms with Gasteiger partial charge in [-0.1, -0.05) is 15.9 Å². The van der Waals surface area contributed by atoms with E-state index in [0.29, 0.717) is 5.69 Å². The van der Waals surface area contributed by atoms with Crippen molar-refractivity contribution in [3.05, 3.63) is 58.2 Å². The minimum absolute atomic E-state index is 0.157. The van der Waals surface area contributed by atoms with Gasteiger partial charge in [-0.2, -0.15) is 0 Å². The van der Waals surface area contributed by atoms with Crippen LogP contribution < -0.4 is 10.1 Å². The number of aromatic amines is 1. The Hall–Kier alpha value is -2.27. The summed E-state index contributed by atoms with van der Waals surface area (Å²) in [5.41, 5.74) is 3.13. The van der Waals surface area contributed by atoms with Gasteiger partial charge in [0, 0.05) is 27.1 Å². The SMILES string of the molecule is COc1ccc2c(C)c(C(=O)Nc3ccc(Br)cc3)[nH]c2c1. The van der Waals surface area contributed by atoms with Crippen LogP contribution in [0, 0.1) is 6.92 Å². The quantitative estimate of drug-likeness (QED) is 0.724. The van der Waals surface area contributed by atoms with Crippen molar-refractivity contribution in [2.45, 2.75) is 6.92 Å². The minimum atomic E-state index is -0.157. The Kier molecular flexibility index (Phi) is 3.90. The van der Waals surface area contributed by atoms with Crippen molar-refractivity contribution in [2.75, 3.05) is 12.4 Å². The second kappa shape index (κ2) is 5.85. The molecule has 0 fully saturated rings. The number of fused-ring (bicyclic) bond motifs is 1. The zero-order chi connectivity index (χ0) is 15.7. The van der Waals surface area contributed by atoms with Crippen molar-refractivity contribution >= 4 is 38.4 Å². The first-order valence-corrected chi connectivity index (χ1v) is 7.61. The van der Waals surface area contributed by atoms with E-state index in [9.17, 15) is 4.79 Å². The van der Waals surface area contributed by atoms with Gasteiger partial charge in [0.1, 0.15) is 11.4 Å². The Labute approximate surface area is 136 Å². The van der Waals surface area contributed by atoms with Gasteiger partial charge in [-0.05, 0) is 48.9 Å². The number of carbonyl (C=O) groups excluding carboxylic acids is 1. The number of anilines is 1. The molecule has 5 heteroatoms. The standard InChI is InChI=1S/C17H15BrN2O2/c1-10-14-8-7-13(22-2)9-15(14)20-16(10)17(21)19-12-5-3-11(18)4-6-12/h3-9,20H,1-2H3,(H,19,21). The minimum Gasteiger partial charge on any atom is -0.497 e. The Morgan fingerprint density at radius 2 is 1.91 bits per heavy atom. The molecule has 1 heterocycles. The van der Waals surface area contributed by atoms with E-state index in [2.05, 4.69) is 26.2 Å². The van der Waals surface area contributed by atoms with Crippen molar-refractivity contribution in [1.82, 2.24) is 4.98 Å². The second-order valence-electron chi connectivity index (χ2n) is 5.00. The van der Waals surface area contributed by atoms with Crippen LogP contribution in [0.1, 0.15) is 16.1 Å². The van der Waals surface area contributed by atoms with E-state index in [1.54, 1.807) is 7.11 Å². The predicted octanol–water partition coefficient (Wildman–Crippen LogP) is 4.50. The highest BCUT2D eigenvalue weighted by atomic mass is 79.9. The van der Waals surface area contributed by atoms with E-state index in [4.69, 9.17) is 4.74 Å². The normalized spacial score (nSPS) is 10.7. The number of halogens is 1. The van der Waals surface area contributed by atoms with Crippen molar-refractivity contribution in [1.29, 1.82) is 0 Å². The van der Waals surface area contributed by atoms with Crippen molar-refractivity contribution in [2.24, 2.45) is 0 Å². The molecule has 0 bridgehead atoms. The number of methoxy groups -OCH3 is 1. The molecule has 0 saturated carbocycles. The molecule has 3 aromatic rings. The number of aryl methyl sites for hydroxylation is 1. The van der Waals surface area contributed by atoms with Gasteiger partial charge < -0.3 is 15.0 Å². The van der Waals surface area contributed by atoms with Gasteiger partial charge in [0.2, 0.25) is 0 Å². The molecule has 22 heavy (non-hydrogen) atoms. The topological polar surface area (TPSA) is 54.1 Å². The summed E-state index contributed by atoms with van der Waals surface area (Å²) in [5.74, 6) is 0.601. The third kappa shape index (κ3) is 2.72. The zero-order valence-electron chi connectivity index (χ0n) is 12.2. The number of amides is 1. The Balaban J connectivity index is 1.93. The van der Waals surface area contributed by atoms with E-state index in [-0.39, 0.29) is 5.91 Å². The molecule has 0 aliphatic heterocycles. The summed E-state index contributed by atoms with van der Waals surface area (Å²) in [6.45, 7) is 1.93. The molecule has 0 aliphatic rings. The van der Waals surface area contributed by atoms with Crippen LogP contribution >= 0.6 is 15.9 Å². The van der Waals surface area contributed by atoms with Crippen molar-refractivity contribution < 1.29 is 9.53 Å². The number of hydrogen-bond acceptors (Lipinski definition) is 2. The maximum absolute atomic E-state index is 12.5. The average molecular weight is 359 g/mol. The maximum Gasteiger partial charge on any atom is 0.272 e. The first kappa shape index (κ1) is 14.7. The third-order valence-corrected chi connectivity index (χ3v) is 4.12. The molecule has 0 aliphatic carbocycles. The second-order valence-corrected chi connectivity index (χ2v) is 5.91.